The van der Waals surface area contributed by atoms with Crippen LogP contribution >= 0.6 is 0 Å². The van der Waals surface area contributed by atoms with Crippen molar-refractivity contribution < 1.29 is 73.7 Å². The van der Waals surface area contributed by atoms with Crippen LogP contribution in [-0.2, 0) is 53.3 Å². The summed E-state index contributed by atoms with van der Waals surface area (Å²) >= 11 is 0. The molecule has 0 amide bonds. The van der Waals surface area contributed by atoms with E-state index in [4.69, 9.17) is 20.4 Å². The third-order valence-electron chi connectivity index (χ3n) is 2.17. The van der Waals surface area contributed by atoms with Gasteiger partial charge in [-0.15, -0.1) is 0 Å². The average Bonchev–Trinajstić information content (AvgIpc) is 2.22. The Kier molecular flexibility index (Phi) is 15.8. The summed E-state index contributed by atoms with van der Waals surface area (Å²) in [6.07, 6.45) is 0. The molecule has 130 valence electrons. The zero-order chi connectivity index (χ0) is 15.7. The summed E-state index contributed by atoms with van der Waals surface area (Å²) in [6, 6.07) is 0. The molecule has 0 spiro atoms. The number of carbonyl (C=O) groups is 4. The molecule has 0 radical (unpaired) electrons. The number of aliphatic carboxylic acids is 4. The molecule has 0 atom stereocenters. The van der Waals surface area contributed by atoms with Gasteiger partial charge in [-0.05, 0) is 0 Å². The maximum atomic E-state index is 10.6. The normalized spacial score (nSPS) is 9.73. The van der Waals surface area contributed by atoms with Crippen LogP contribution in [0.2, 0.25) is 0 Å². The molecule has 0 aliphatic heterocycles. The smallest absolute Gasteiger partial charge is 0.317 e. The SMILES string of the molecule is O=C(O)CN(CCN(CC(=O)O)CC(=O)O)CC(=O)O.[Fe].[Fe]. The van der Waals surface area contributed by atoms with E-state index in [0.717, 1.165) is 9.80 Å². The third-order valence-corrected chi connectivity index (χ3v) is 2.17. The van der Waals surface area contributed by atoms with Crippen molar-refractivity contribution in [3.05, 3.63) is 0 Å². The fraction of sp³-hybridized carbons (Fsp3) is 0.600. The van der Waals surface area contributed by atoms with Crippen molar-refractivity contribution >= 4 is 23.9 Å². The molecule has 12 heteroatoms. The topological polar surface area (TPSA) is 156 Å². The Bertz CT molecular complexity index is 325. The molecule has 4 N–H and O–H groups in total. The Morgan fingerprint density at radius 3 is 0.864 bits per heavy atom. The zero-order valence-corrected chi connectivity index (χ0v) is 13.5. The average molecular weight is 404 g/mol. The Morgan fingerprint density at radius 2 is 0.727 bits per heavy atom. The largest absolute Gasteiger partial charge is 0.480 e. The summed E-state index contributed by atoms with van der Waals surface area (Å²) in [5.41, 5.74) is 0. The Balaban J connectivity index is -0.00000180. The van der Waals surface area contributed by atoms with Gasteiger partial charge in [-0.25, -0.2) is 0 Å². The maximum Gasteiger partial charge on any atom is 0.317 e. The first-order valence-electron chi connectivity index (χ1n) is 5.52. The predicted octanol–water partition coefficient (Wildman–Crippen LogP) is -2.08. The Hall–Kier alpha value is -1.16. The molecule has 0 rings (SSSR count). The van der Waals surface area contributed by atoms with Crippen LogP contribution in [0.1, 0.15) is 0 Å². The second-order valence-corrected chi connectivity index (χ2v) is 4.00. The predicted molar refractivity (Wildman–Crippen MR) is 63.4 cm³/mol. The number of carboxylic acid groups (broad SMARTS) is 4. The first kappa shape index (κ1) is 25.8. The van der Waals surface area contributed by atoms with Gasteiger partial charge in [0, 0.05) is 47.2 Å². The van der Waals surface area contributed by atoms with E-state index in [1.165, 1.54) is 0 Å². The summed E-state index contributed by atoms with van der Waals surface area (Å²) in [5.74, 6) is -4.91. The fourth-order valence-corrected chi connectivity index (χ4v) is 1.48. The van der Waals surface area contributed by atoms with E-state index < -0.39 is 50.1 Å². The summed E-state index contributed by atoms with van der Waals surface area (Å²) in [5, 5.41) is 34.5. The number of hydrogen-bond acceptors (Lipinski definition) is 6. The van der Waals surface area contributed by atoms with E-state index >= 15 is 0 Å². The van der Waals surface area contributed by atoms with Crippen molar-refractivity contribution in [3.63, 3.8) is 0 Å². The second-order valence-electron chi connectivity index (χ2n) is 4.00. The van der Waals surface area contributed by atoms with Gasteiger partial charge in [0.25, 0.3) is 0 Å². The number of carboxylic acids is 4. The van der Waals surface area contributed by atoms with E-state index in [2.05, 4.69) is 0 Å². The molecule has 0 heterocycles. The molecule has 0 fully saturated rings. The van der Waals surface area contributed by atoms with Gasteiger partial charge in [-0.3, -0.25) is 29.0 Å². The molecule has 0 saturated carbocycles. The Morgan fingerprint density at radius 1 is 0.545 bits per heavy atom. The monoisotopic (exact) mass is 404 g/mol. The first-order chi connectivity index (χ1) is 9.20. The van der Waals surface area contributed by atoms with Gasteiger partial charge in [0.15, 0.2) is 0 Å². The van der Waals surface area contributed by atoms with Crippen LogP contribution in [-0.4, -0.2) is 93.4 Å². The van der Waals surface area contributed by atoms with Crippen LogP contribution in [0.4, 0.5) is 0 Å². The van der Waals surface area contributed by atoms with E-state index in [9.17, 15) is 19.2 Å². The summed E-state index contributed by atoms with van der Waals surface area (Å²) in [6.45, 7) is -2.25. The van der Waals surface area contributed by atoms with Crippen molar-refractivity contribution in [1.29, 1.82) is 0 Å². The molecular formula is C10H16Fe2N2O8. The number of hydrogen-bond donors (Lipinski definition) is 4. The standard InChI is InChI=1S/C10H16N2O8.2Fe/c13-7(14)3-11(4-8(15)16)1-2-12(5-9(17)18)6-10(19)20;;/h1-6H2,(H,13,14)(H,15,16)(H,17,18)(H,19,20);;. The van der Waals surface area contributed by atoms with Crippen molar-refractivity contribution in [2.75, 3.05) is 39.3 Å². The van der Waals surface area contributed by atoms with Gasteiger partial charge in [-0.1, -0.05) is 0 Å². The van der Waals surface area contributed by atoms with Crippen molar-refractivity contribution in [3.8, 4) is 0 Å². The summed E-state index contributed by atoms with van der Waals surface area (Å²) < 4.78 is 0. The van der Waals surface area contributed by atoms with Gasteiger partial charge in [0.2, 0.25) is 0 Å². The van der Waals surface area contributed by atoms with Crippen molar-refractivity contribution in [1.82, 2.24) is 9.80 Å². The van der Waals surface area contributed by atoms with Crippen molar-refractivity contribution in [2.45, 2.75) is 0 Å². The van der Waals surface area contributed by atoms with Gasteiger partial charge >= 0.3 is 23.9 Å². The van der Waals surface area contributed by atoms with Gasteiger partial charge in [-0.2, -0.15) is 0 Å². The van der Waals surface area contributed by atoms with E-state index in [1.807, 2.05) is 0 Å². The first-order valence-corrected chi connectivity index (χ1v) is 5.52. The van der Waals surface area contributed by atoms with Crippen LogP contribution in [0.15, 0.2) is 0 Å². The molecule has 0 aliphatic carbocycles. The minimum absolute atomic E-state index is 0. The quantitative estimate of drug-likeness (QED) is 0.282. The van der Waals surface area contributed by atoms with Crippen LogP contribution in [0, 0.1) is 0 Å². The minimum Gasteiger partial charge on any atom is -0.480 e. The molecule has 0 bridgehead atoms. The van der Waals surface area contributed by atoms with Gasteiger partial charge in [0.05, 0.1) is 26.2 Å². The van der Waals surface area contributed by atoms with E-state index in [-0.39, 0.29) is 47.2 Å². The molecule has 0 aromatic rings. The van der Waals surface area contributed by atoms with Crippen LogP contribution in [0.5, 0.6) is 0 Å². The minimum atomic E-state index is -1.23. The van der Waals surface area contributed by atoms with Crippen LogP contribution in [0.3, 0.4) is 0 Å². The summed E-state index contributed by atoms with van der Waals surface area (Å²) in [4.78, 5) is 44.4. The Labute approximate surface area is 147 Å². The van der Waals surface area contributed by atoms with E-state index in [1.54, 1.807) is 0 Å². The summed E-state index contributed by atoms with van der Waals surface area (Å²) in [7, 11) is 0. The van der Waals surface area contributed by atoms with Crippen LogP contribution < -0.4 is 0 Å². The molecule has 10 nitrogen and oxygen atoms in total. The van der Waals surface area contributed by atoms with E-state index in [0.29, 0.717) is 0 Å². The molecular weight excluding hydrogens is 388 g/mol. The molecule has 0 aliphatic rings. The molecule has 22 heavy (non-hydrogen) atoms. The zero-order valence-electron chi connectivity index (χ0n) is 11.3. The molecule has 0 aromatic heterocycles. The number of rotatable bonds is 11. The molecule has 0 aromatic carbocycles. The second kappa shape index (κ2) is 13.5. The molecule has 0 unspecified atom stereocenters. The van der Waals surface area contributed by atoms with Gasteiger partial charge < -0.3 is 20.4 Å². The van der Waals surface area contributed by atoms with Crippen LogP contribution in [0.25, 0.3) is 0 Å². The third kappa shape index (κ3) is 15.2. The van der Waals surface area contributed by atoms with Crippen molar-refractivity contribution in [2.24, 2.45) is 0 Å². The molecule has 0 saturated heterocycles. The van der Waals surface area contributed by atoms with Gasteiger partial charge in [0.1, 0.15) is 0 Å². The fourth-order valence-electron chi connectivity index (χ4n) is 1.48. The number of nitrogens with zero attached hydrogens (tertiary/aromatic N) is 2. The maximum absolute atomic E-state index is 10.6.